The smallest absolute Gasteiger partial charge is 0.295 e. The molecule has 0 heterocycles. The lowest BCUT2D eigenvalue weighted by molar-refractivity contribution is -0.137. The van der Waals surface area contributed by atoms with Crippen LogP contribution in [0.25, 0.3) is 11.1 Å². The maximum Gasteiger partial charge on any atom is 0.416 e. The predicted octanol–water partition coefficient (Wildman–Crippen LogP) is 3.98. The normalized spacial score (nSPS) is 12.2. The molecule has 2 rings (SSSR count). The molecule has 7 heteroatoms. The van der Waals surface area contributed by atoms with E-state index in [-0.39, 0.29) is 21.8 Å². The first-order valence-electron chi connectivity index (χ1n) is 6.53. The molecule has 2 aromatic carbocycles. The lowest BCUT2D eigenvalue weighted by atomic mass is 10.0. The third-order valence-corrected chi connectivity index (χ3v) is 4.45. The summed E-state index contributed by atoms with van der Waals surface area (Å²) in [7, 11) is -3.65. The third-order valence-electron chi connectivity index (χ3n) is 3.31. The molecule has 0 atom stereocenters. The Bertz CT molecular complexity index is 851. The highest BCUT2D eigenvalue weighted by atomic mass is 32.2. The van der Waals surface area contributed by atoms with E-state index >= 15 is 0 Å². The summed E-state index contributed by atoms with van der Waals surface area (Å²) < 4.78 is 61.7. The average molecular weight is 342 g/mol. The Kier molecular flexibility index (Phi) is 4.34. The van der Waals surface area contributed by atoms with Gasteiger partial charge in [-0.15, -0.1) is 0 Å². The van der Waals surface area contributed by atoms with E-state index in [1.807, 2.05) is 0 Å². The summed E-state index contributed by atoms with van der Waals surface area (Å²) >= 11 is 0. The number of rotatable bonds is 3. The van der Waals surface area contributed by atoms with Crippen molar-refractivity contribution in [3.05, 3.63) is 53.6 Å². The van der Waals surface area contributed by atoms with Gasteiger partial charge in [0.1, 0.15) is 0 Å². The molecule has 122 valence electrons. The number of sulfone groups is 1. The number of carbonyl (C=O) groups is 1. The quantitative estimate of drug-likeness (QED) is 0.793. The second-order valence-electron chi connectivity index (χ2n) is 5.11. The molecule has 0 aliphatic heterocycles. The maximum absolute atomic E-state index is 12.6. The summed E-state index contributed by atoms with van der Waals surface area (Å²) in [6.07, 6.45) is -3.48. The van der Waals surface area contributed by atoms with Crippen molar-refractivity contribution in [2.75, 3.05) is 6.26 Å². The van der Waals surface area contributed by atoms with Crippen LogP contribution in [0.1, 0.15) is 22.8 Å². The van der Waals surface area contributed by atoms with Gasteiger partial charge in [0.2, 0.25) is 0 Å². The zero-order valence-electron chi connectivity index (χ0n) is 12.3. The van der Waals surface area contributed by atoms with Gasteiger partial charge in [-0.2, -0.15) is 13.2 Å². The SMILES string of the molecule is CC(=O)c1ccc(-c2ccc(C(F)(F)F)cc2)c(S(C)(=O)=O)c1. The minimum Gasteiger partial charge on any atom is -0.295 e. The van der Waals surface area contributed by atoms with Crippen LogP contribution in [0.5, 0.6) is 0 Å². The van der Waals surface area contributed by atoms with Gasteiger partial charge in [-0.25, -0.2) is 8.42 Å². The number of hydrogen-bond acceptors (Lipinski definition) is 3. The van der Waals surface area contributed by atoms with Crippen molar-refractivity contribution in [3.63, 3.8) is 0 Å². The molecule has 0 fully saturated rings. The highest BCUT2D eigenvalue weighted by Gasteiger charge is 2.30. The molecule has 0 amide bonds. The molecule has 2 aromatic rings. The number of benzene rings is 2. The van der Waals surface area contributed by atoms with Crippen LogP contribution >= 0.6 is 0 Å². The zero-order valence-corrected chi connectivity index (χ0v) is 13.1. The largest absolute Gasteiger partial charge is 0.416 e. The Morgan fingerprint density at radius 2 is 1.57 bits per heavy atom. The average Bonchev–Trinajstić information content (AvgIpc) is 2.45. The fourth-order valence-corrected chi connectivity index (χ4v) is 3.05. The van der Waals surface area contributed by atoms with Gasteiger partial charge in [0.15, 0.2) is 15.6 Å². The Morgan fingerprint density at radius 1 is 1.00 bits per heavy atom. The second-order valence-corrected chi connectivity index (χ2v) is 7.10. The summed E-state index contributed by atoms with van der Waals surface area (Å²) in [5.41, 5.74) is -0.0108. The fourth-order valence-electron chi connectivity index (χ4n) is 2.13. The van der Waals surface area contributed by atoms with E-state index in [4.69, 9.17) is 0 Å². The fraction of sp³-hybridized carbons (Fsp3) is 0.188. The molecular formula is C16H13F3O3S. The van der Waals surface area contributed by atoms with Gasteiger partial charge >= 0.3 is 6.18 Å². The highest BCUT2D eigenvalue weighted by Crippen LogP contribution is 2.33. The molecule has 0 unspecified atom stereocenters. The number of halogens is 3. The standard InChI is InChI=1S/C16H13F3O3S/c1-10(20)12-5-8-14(15(9-12)23(2,21)22)11-3-6-13(7-4-11)16(17,18)19/h3-9H,1-2H3. The van der Waals surface area contributed by atoms with Crippen molar-refractivity contribution in [1.29, 1.82) is 0 Å². The molecular weight excluding hydrogens is 329 g/mol. The van der Waals surface area contributed by atoms with Gasteiger partial charge in [0.25, 0.3) is 0 Å². The summed E-state index contributed by atoms with van der Waals surface area (Å²) in [6, 6.07) is 8.31. The number of ketones is 1. The number of alkyl halides is 3. The van der Waals surface area contributed by atoms with E-state index in [1.165, 1.54) is 37.3 Å². The van der Waals surface area contributed by atoms with Gasteiger partial charge in [0.05, 0.1) is 10.5 Å². The first kappa shape index (κ1) is 17.2. The van der Waals surface area contributed by atoms with Gasteiger partial charge in [-0.05, 0) is 30.7 Å². The molecule has 0 aliphatic rings. The molecule has 0 saturated heterocycles. The van der Waals surface area contributed by atoms with Crippen LogP contribution in [-0.2, 0) is 16.0 Å². The monoisotopic (exact) mass is 342 g/mol. The van der Waals surface area contributed by atoms with E-state index in [9.17, 15) is 26.4 Å². The van der Waals surface area contributed by atoms with Crippen LogP contribution in [0, 0.1) is 0 Å². The van der Waals surface area contributed by atoms with E-state index < -0.39 is 21.6 Å². The Morgan fingerprint density at radius 3 is 2.00 bits per heavy atom. The lowest BCUT2D eigenvalue weighted by Gasteiger charge is -2.11. The summed E-state index contributed by atoms with van der Waals surface area (Å²) in [4.78, 5) is 11.3. The van der Waals surface area contributed by atoms with E-state index in [1.54, 1.807) is 0 Å². The number of carbonyl (C=O) groups excluding carboxylic acids is 1. The predicted molar refractivity (Wildman–Crippen MR) is 80.0 cm³/mol. The van der Waals surface area contributed by atoms with E-state index in [2.05, 4.69) is 0 Å². The lowest BCUT2D eigenvalue weighted by Crippen LogP contribution is -2.05. The molecule has 0 N–H and O–H groups in total. The molecule has 3 nitrogen and oxygen atoms in total. The van der Waals surface area contributed by atoms with Crippen molar-refractivity contribution in [2.45, 2.75) is 18.0 Å². The Balaban J connectivity index is 2.61. The molecule has 0 aliphatic carbocycles. The van der Waals surface area contributed by atoms with Gasteiger partial charge in [-0.3, -0.25) is 4.79 Å². The molecule has 23 heavy (non-hydrogen) atoms. The van der Waals surface area contributed by atoms with Crippen LogP contribution in [0.3, 0.4) is 0 Å². The van der Waals surface area contributed by atoms with Crippen LogP contribution in [-0.4, -0.2) is 20.5 Å². The maximum atomic E-state index is 12.6. The number of Topliss-reactive ketones (excluding diaryl/α,β-unsaturated/α-hetero) is 1. The summed E-state index contributed by atoms with van der Waals surface area (Å²) in [6.45, 7) is 1.30. The second kappa shape index (κ2) is 5.81. The van der Waals surface area contributed by atoms with Crippen LogP contribution < -0.4 is 0 Å². The van der Waals surface area contributed by atoms with E-state index in [0.717, 1.165) is 18.4 Å². The molecule has 0 radical (unpaired) electrons. The minimum absolute atomic E-state index is 0.0926. The first-order valence-corrected chi connectivity index (χ1v) is 8.42. The molecule has 0 bridgehead atoms. The first-order chi connectivity index (χ1) is 10.5. The van der Waals surface area contributed by atoms with Crippen molar-refractivity contribution in [2.24, 2.45) is 0 Å². The zero-order chi connectivity index (χ0) is 17.4. The van der Waals surface area contributed by atoms with E-state index in [0.29, 0.717) is 5.56 Å². The number of hydrogen-bond donors (Lipinski definition) is 0. The summed E-state index contributed by atoms with van der Waals surface area (Å²) in [5, 5.41) is 0. The van der Waals surface area contributed by atoms with Gasteiger partial charge < -0.3 is 0 Å². The topological polar surface area (TPSA) is 51.2 Å². The minimum atomic E-state index is -4.46. The summed E-state index contributed by atoms with van der Waals surface area (Å²) in [5.74, 6) is -0.297. The van der Waals surface area contributed by atoms with Crippen molar-refractivity contribution in [1.82, 2.24) is 0 Å². The molecule has 0 aromatic heterocycles. The Hall–Kier alpha value is -2.15. The van der Waals surface area contributed by atoms with Crippen LogP contribution in [0.4, 0.5) is 13.2 Å². The van der Waals surface area contributed by atoms with Crippen molar-refractivity contribution >= 4 is 15.6 Å². The molecule has 0 saturated carbocycles. The van der Waals surface area contributed by atoms with Crippen molar-refractivity contribution < 1.29 is 26.4 Å². The Labute approximate surface area is 131 Å². The highest BCUT2D eigenvalue weighted by molar-refractivity contribution is 7.90. The van der Waals surface area contributed by atoms with Crippen LogP contribution in [0.15, 0.2) is 47.4 Å². The van der Waals surface area contributed by atoms with Crippen LogP contribution in [0.2, 0.25) is 0 Å². The van der Waals surface area contributed by atoms with Gasteiger partial charge in [0, 0.05) is 17.4 Å². The van der Waals surface area contributed by atoms with Gasteiger partial charge in [-0.1, -0.05) is 24.3 Å². The van der Waals surface area contributed by atoms with Crippen molar-refractivity contribution in [3.8, 4) is 11.1 Å². The third kappa shape index (κ3) is 3.79. The molecule has 0 spiro atoms.